The summed E-state index contributed by atoms with van der Waals surface area (Å²) in [5.74, 6) is 0.567. The summed E-state index contributed by atoms with van der Waals surface area (Å²) in [6.45, 7) is 2.04. The van der Waals surface area contributed by atoms with Crippen molar-refractivity contribution in [2.45, 2.75) is 32.3 Å². The highest BCUT2D eigenvalue weighted by Crippen LogP contribution is 2.28. The molecule has 0 radical (unpaired) electrons. The second kappa shape index (κ2) is 3.03. The molecule has 1 saturated carbocycles. The average Bonchev–Trinajstić information content (AvgIpc) is 1.88. The van der Waals surface area contributed by atoms with Crippen molar-refractivity contribution in [3.8, 4) is 6.07 Å². The van der Waals surface area contributed by atoms with Gasteiger partial charge in [0, 0.05) is 5.92 Å². The van der Waals surface area contributed by atoms with Crippen molar-refractivity contribution in [1.29, 1.82) is 5.26 Å². The second-order valence-electron chi connectivity index (χ2n) is 3.18. The number of hydrogen-bond acceptors (Lipinski definition) is 2. The molecule has 10 heavy (non-hydrogen) atoms. The third kappa shape index (κ3) is 1.48. The van der Waals surface area contributed by atoms with E-state index in [4.69, 9.17) is 5.26 Å². The first-order chi connectivity index (χ1) is 4.74. The van der Waals surface area contributed by atoms with E-state index in [1.54, 1.807) is 0 Å². The largest absolute Gasteiger partial charge is 0.393 e. The van der Waals surface area contributed by atoms with E-state index in [-0.39, 0.29) is 12.0 Å². The van der Waals surface area contributed by atoms with Crippen LogP contribution in [0.4, 0.5) is 0 Å². The van der Waals surface area contributed by atoms with Crippen molar-refractivity contribution in [2.24, 2.45) is 11.8 Å². The van der Waals surface area contributed by atoms with Crippen LogP contribution < -0.4 is 0 Å². The Morgan fingerprint density at radius 1 is 1.50 bits per heavy atom. The molecule has 3 atom stereocenters. The summed E-state index contributed by atoms with van der Waals surface area (Å²) in [6.07, 6.45) is 2.33. The molecule has 1 rings (SSSR count). The molecule has 1 N–H and O–H groups in total. The summed E-state index contributed by atoms with van der Waals surface area (Å²) in [6, 6.07) is 2.26. The second-order valence-corrected chi connectivity index (χ2v) is 3.18. The van der Waals surface area contributed by atoms with Gasteiger partial charge in [0.25, 0.3) is 0 Å². The Morgan fingerprint density at radius 2 is 2.20 bits per heavy atom. The van der Waals surface area contributed by atoms with Crippen LogP contribution in [0.15, 0.2) is 0 Å². The molecule has 0 bridgehead atoms. The van der Waals surface area contributed by atoms with Crippen LogP contribution in [0.3, 0.4) is 0 Å². The average molecular weight is 139 g/mol. The highest BCUT2D eigenvalue weighted by atomic mass is 16.3. The Hall–Kier alpha value is -0.550. The molecule has 0 aromatic carbocycles. The summed E-state index contributed by atoms with van der Waals surface area (Å²) >= 11 is 0. The standard InChI is InChI=1S/C8H13NO/c1-6-4-8(10)3-2-7(6)5-9/h6-8,10H,2-4H2,1H3. The predicted octanol–water partition coefficient (Wildman–Crippen LogP) is 1.31. The maximum atomic E-state index is 9.18. The fourth-order valence-corrected chi connectivity index (χ4v) is 1.56. The smallest absolute Gasteiger partial charge is 0.0658 e. The summed E-state index contributed by atoms with van der Waals surface area (Å²) in [5, 5.41) is 17.8. The Morgan fingerprint density at radius 3 is 2.70 bits per heavy atom. The molecule has 1 aliphatic carbocycles. The molecule has 1 aliphatic rings. The van der Waals surface area contributed by atoms with Crippen molar-refractivity contribution in [3.05, 3.63) is 0 Å². The summed E-state index contributed by atoms with van der Waals surface area (Å²) < 4.78 is 0. The van der Waals surface area contributed by atoms with Crippen LogP contribution in [0.1, 0.15) is 26.2 Å². The van der Waals surface area contributed by atoms with E-state index in [1.165, 1.54) is 0 Å². The van der Waals surface area contributed by atoms with E-state index in [2.05, 4.69) is 6.07 Å². The van der Waals surface area contributed by atoms with Gasteiger partial charge in [-0.2, -0.15) is 5.26 Å². The van der Waals surface area contributed by atoms with E-state index in [0.29, 0.717) is 5.92 Å². The topological polar surface area (TPSA) is 44.0 Å². The van der Waals surface area contributed by atoms with Crippen LogP contribution in [0, 0.1) is 23.2 Å². The molecular formula is C8H13NO. The maximum absolute atomic E-state index is 9.18. The molecule has 2 nitrogen and oxygen atoms in total. The Labute approximate surface area is 61.5 Å². The van der Waals surface area contributed by atoms with E-state index in [1.807, 2.05) is 6.92 Å². The van der Waals surface area contributed by atoms with Crippen LogP contribution in [0.2, 0.25) is 0 Å². The normalized spacial score (nSPS) is 40.7. The molecule has 0 saturated heterocycles. The lowest BCUT2D eigenvalue weighted by atomic mass is 9.80. The molecule has 0 aromatic heterocycles. The molecule has 0 aliphatic heterocycles. The number of aliphatic hydroxyl groups excluding tert-OH is 1. The van der Waals surface area contributed by atoms with Crippen LogP contribution in [0.5, 0.6) is 0 Å². The van der Waals surface area contributed by atoms with Gasteiger partial charge >= 0.3 is 0 Å². The van der Waals surface area contributed by atoms with Crippen molar-refractivity contribution in [2.75, 3.05) is 0 Å². The molecule has 2 heteroatoms. The first kappa shape index (κ1) is 7.56. The minimum absolute atomic E-state index is 0.153. The third-order valence-corrected chi connectivity index (χ3v) is 2.31. The summed E-state index contributed by atoms with van der Waals surface area (Å²) in [7, 11) is 0. The number of rotatable bonds is 0. The van der Waals surface area contributed by atoms with Gasteiger partial charge in [-0.3, -0.25) is 0 Å². The van der Waals surface area contributed by atoms with Gasteiger partial charge in [-0.15, -0.1) is 0 Å². The predicted molar refractivity (Wildman–Crippen MR) is 38.1 cm³/mol. The van der Waals surface area contributed by atoms with E-state index in [9.17, 15) is 5.11 Å². The lowest BCUT2D eigenvalue weighted by Crippen LogP contribution is -2.24. The number of nitrogens with zero attached hydrogens (tertiary/aromatic N) is 1. The summed E-state index contributed by atoms with van der Waals surface area (Å²) in [4.78, 5) is 0. The first-order valence-electron chi connectivity index (χ1n) is 3.81. The molecule has 0 amide bonds. The SMILES string of the molecule is CC1CC(O)CCC1C#N. The zero-order valence-corrected chi connectivity index (χ0v) is 6.25. The number of hydrogen-bond donors (Lipinski definition) is 1. The van der Waals surface area contributed by atoms with Crippen LogP contribution >= 0.6 is 0 Å². The van der Waals surface area contributed by atoms with E-state index < -0.39 is 0 Å². The molecule has 1 fully saturated rings. The third-order valence-electron chi connectivity index (χ3n) is 2.31. The van der Waals surface area contributed by atoms with Gasteiger partial charge in [-0.05, 0) is 25.2 Å². The van der Waals surface area contributed by atoms with Crippen LogP contribution in [0.25, 0.3) is 0 Å². The fourth-order valence-electron chi connectivity index (χ4n) is 1.56. The minimum atomic E-state index is -0.153. The van der Waals surface area contributed by atoms with Crippen molar-refractivity contribution >= 4 is 0 Å². The summed E-state index contributed by atoms with van der Waals surface area (Å²) in [5.41, 5.74) is 0. The quantitative estimate of drug-likeness (QED) is 0.550. The van der Waals surface area contributed by atoms with Crippen molar-refractivity contribution in [1.82, 2.24) is 0 Å². The molecule has 0 aromatic rings. The highest BCUT2D eigenvalue weighted by Gasteiger charge is 2.25. The van der Waals surface area contributed by atoms with Gasteiger partial charge in [0.2, 0.25) is 0 Å². The van der Waals surface area contributed by atoms with E-state index >= 15 is 0 Å². The van der Waals surface area contributed by atoms with Gasteiger partial charge in [-0.25, -0.2) is 0 Å². The van der Waals surface area contributed by atoms with Gasteiger partial charge in [0.05, 0.1) is 12.2 Å². The monoisotopic (exact) mass is 139 g/mol. The number of aliphatic hydroxyl groups is 1. The van der Waals surface area contributed by atoms with Gasteiger partial charge < -0.3 is 5.11 Å². The molecular weight excluding hydrogens is 126 g/mol. The lowest BCUT2D eigenvalue weighted by molar-refractivity contribution is 0.0898. The molecule has 56 valence electrons. The zero-order chi connectivity index (χ0) is 7.56. The van der Waals surface area contributed by atoms with Crippen molar-refractivity contribution < 1.29 is 5.11 Å². The van der Waals surface area contributed by atoms with Crippen LogP contribution in [-0.2, 0) is 0 Å². The Kier molecular flexibility index (Phi) is 2.29. The van der Waals surface area contributed by atoms with Crippen LogP contribution in [-0.4, -0.2) is 11.2 Å². The maximum Gasteiger partial charge on any atom is 0.0658 e. The number of nitriles is 1. The lowest BCUT2D eigenvalue weighted by Gasteiger charge is -2.26. The molecule has 0 spiro atoms. The highest BCUT2D eigenvalue weighted by molar-refractivity contribution is 4.90. The minimum Gasteiger partial charge on any atom is -0.393 e. The molecule has 3 unspecified atom stereocenters. The van der Waals surface area contributed by atoms with Gasteiger partial charge in [0.1, 0.15) is 0 Å². The van der Waals surface area contributed by atoms with Gasteiger partial charge in [-0.1, -0.05) is 6.92 Å². The first-order valence-corrected chi connectivity index (χ1v) is 3.81. The van der Waals surface area contributed by atoms with E-state index in [0.717, 1.165) is 19.3 Å². The zero-order valence-electron chi connectivity index (χ0n) is 6.25. The van der Waals surface area contributed by atoms with Gasteiger partial charge in [0.15, 0.2) is 0 Å². The molecule has 0 heterocycles. The Bertz CT molecular complexity index is 150. The van der Waals surface area contributed by atoms with Crippen molar-refractivity contribution in [3.63, 3.8) is 0 Å². The Balaban J connectivity index is 2.45. The fraction of sp³-hybridized carbons (Fsp3) is 0.875.